The first kappa shape index (κ1) is 16.1. The Kier molecular flexibility index (Phi) is 5.47. The Bertz CT molecular complexity index is 673. The Morgan fingerprint density at radius 3 is 2.62 bits per heavy atom. The molecule has 110 valence electrons. The standard InChI is InChI=1S/C16H15ClINO2/c1-10-8-13(18)4-5-14(10)19-16(20)9-21-15-6-3-12(17)7-11(15)2/h3-8H,9H2,1-2H3,(H,19,20). The lowest BCUT2D eigenvalue weighted by Gasteiger charge is -2.11. The van der Waals surface area contributed by atoms with E-state index in [1.807, 2.05) is 32.0 Å². The van der Waals surface area contributed by atoms with Gasteiger partial charge in [-0.15, -0.1) is 0 Å². The van der Waals surface area contributed by atoms with Crippen molar-refractivity contribution in [1.82, 2.24) is 0 Å². The van der Waals surface area contributed by atoms with Crippen molar-refractivity contribution >= 4 is 45.8 Å². The predicted molar refractivity (Wildman–Crippen MR) is 94.2 cm³/mol. The molecule has 0 aromatic heterocycles. The van der Waals surface area contributed by atoms with Gasteiger partial charge in [-0.2, -0.15) is 0 Å². The van der Waals surface area contributed by atoms with Crippen LogP contribution in [0.3, 0.4) is 0 Å². The molecule has 21 heavy (non-hydrogen) atoms. The lowest BCUT2D eigenvalue weighted by molar-refractivity contribution is -0.118. The number of ether oxygens (including phenoxy) is 1. The van der Waals surface area contributed by atoms with E-state index in [2.05, 4.69) is 27.9 Å². The summed E-state index contributed by atoms with van der Waals surface area (Å²) < 4.78 is 6.65. The maximum absolute atomic E-state index is 11.9. The summed E-state index contributed by atoms with van der Waals surface area (Å²) >= 11 is 8.12. The Morgan fingerprint density at radius 2 is 1.95 bits per heavy atom. The molecule has 2 aromatic carbocycles. The van der Waals surface area contributed by atoms with E-state index in [4.69, 9.17) is 16.3 Å². The van der Waals surface area contributed by atoms with Gasteiger partial charge in [-0.1, -0.05) is 11.6 Å². The molecule has 0 atom stereocenters. The van der Waals surface area contributed by atoms with Crippen molar-refractivity contribution in [3.63, 3.8) is 0 Å². The van der Waals surface area contributed by atoms with Crippen LogP contribution in [-0.2, 0) is 4.79 Å². The van der Waals surface area contributed by atoms with Gasteiger partial charge in [0.2, 0.25) is 0 Å². The van der Waals surface area contributed by atoms with Gasteiger partial charge < -0.3 is 10.1 Å². The number of benzene rings is 2. The van der Waals surface area contributed by atoms with Gasteiger partial charge in [0.05, 0.1) is 0 Å². The first-order chi connectivity index (χ1) is 9.95. The third-order valence-corrected chi connectivity index (χ3v) is 3.86. The number of hydrogen-bond acceptors (Lipinski definition) is 2. The third-order valence-electron chi connectivity index (χ3n) is 2.96. The molecule has 0 radical (unpaired) electrons. The Balaban J connectivity index is 1.96. The number of amides is 1. The van der Waals surface area contributed by atoms with Gasteiger partial charge in [0.25, 0.3) is 5.91 Å². The topological polar surface area (TPSA) is 38.3 Å². The molecule has 0 fully saturated rings. The Labute approximate surface area is 142 Å². The van der Waals surface area contributed by atoms with E-state index in [-0.39, 0.29) is 12.5 Å². The van der Waals surface area contributed by atoms with Crippen molar-refractivity contribution in [2.45, 2.75) is 13.8 Å². The molecule has 1 N–H and O–H groups in total. The van der Waals surface area contributed by atoms with E-state index in [0.29, 0.717) is 10.8 Å². The summed E-state index contributed by atoms with van der Waals surface area (Å²) in [6, 6.07) is 11.2. The van der Waals surface area contributed by atoms with Gasteiger partial charge in [-0.25, -0.2) is 0 Å². The number of hydrogen-bond donors (Lipinski definition) is 1. The fraction of sp³-hybridized carbons (Fsp3) is 0.188. The maximum atomic E-state index is 11.9. The van der Waals surface area contributed by atoms with Gasteiger partial charge in [0.1, 0.15) is 5.75 Å². The van der Waals surface area contributed by atoms with Crippen LogP contribution in [0.2, 0.25) is 5.02 Å². The molecule has 0 heterocycles. The van der Waals surface area contributed by atoms with Crippen molar-refractivity contribution in [2.24, 2.45) is 0 Å². The third kappa shape index (κ3) is 4.61. The van der Waals surface area contributed by atoms with E-state index in [9.17, 15) is 4.79 Å². The number of aryl methyl sites for hydroxylation is 2. The molecule has 0 aliphatic rings. The number of anilines is 1. The summed E-state index contributed by atoms with van der Waals surface area (Å²) in [7, 11) is 0. The average molecular weight is 416 g/mol. The molecule has 1 amide bonds. The van der Waals surface area contributed by atoms with Crippen molar-refractivity contribution in [1.29, 1.82) is 0 Å². The van der Waals surface area contributed by atoms with Crippen LogP contribution < -0.4 is 10.1 Å². The molecule has 0 saturated heterocycles. The van der Waals surface area contributed by atoms with Crippen molar-refractivity contribution in [2.75, 3.05) is 11.9 Å². The largest absolute Gasteiger partial charge is 0.483 e. The molecule has 3 nitrogen and oxygen atoms in total. The molecule has 0 aliphatic heterocycles. The molecular weight excluding hydrogens is 401 g/mol. The summed E-state index contributed by atoms with van der Waals surface area (Å²) in [6.45, 7) is 3.82. The summed E-state index contributed by atoms with van der Waals surface area (Å²) in [6.07, 6.45) is 0. The van der Waals surface area contributed by atoms with E-state index in [0.717, 1.165) is 20.4 Å². The number of rotatable bonds is 4. The zero-order valence-electron chi connectivity index (χ0n) is 11.7. The van der Waals surface area contributed by atoms with Crippen LogP contribution in [0.5, 0.6) is 5.75 Å². The van der Waals surface area contributed by atoms with Crippen LogP contribution in [0.15, 0.2) is 36.4 Å². The monoisotopic (exact) mass is 415 g/mol. The SMILES string of the molecule is Cc1cc(I)ccc1NC(=O)COc1ccc(Cl)cc1C. The molecule has 0 aliphatic carbocycles. The molecule has 0 saturated carbocycles. The van der Waals surface area contributed by atoms with E-state index in [1.54, 1.807) is 18.2 Å². The van der Waals surface area contributed by atoms with Gasteiger partial charge in [0, 0.05) is 14.3 Å². The number of halogens is 2. The second-order valence-corrected chi connectivity index (χ2v) is 6.39. The average Bonchev–Trinajstić information content (AvgIpc) is 2.41. The van der Waals surface area contributed by atoms with Crippen LogP contribution in [0.4, 0.5) is 5.69 Å². The Hall–Kier alpha value is -1.27. The molecule has 2 rings (SSSR count). The summed E-state index contributed by atoms with van der Waals surface area (Å²) in [4.78, 5) is 11.9. The van der Waals surface area contributed by atoms with Crippen LogP contribution in [0, 0.1) is 17.4 Å². The maximum Gasteiger partial charge on any atom is 0.262 e. The molecule has 0 unspecified atom stereocenters. The zero-order chi connectivity index (χ0) is 15.4. The van der Waals surface area contributed by atoms with Crippen molar-refractivity contribution in [3.8, 4) is 5.75 Å². The lowest BCUT2D eigenvalue weighted by Crippen LogP contribution is -2.20. The highest BCUT2D eigenvalue weighted by molar-refractivity contribution is 14.1. The number of carbonyl (C=O) groups excluding carboxylic acids is 1. The van der Waals surface area contributed by atoms with Crippen molar-refractivity contribution in [3.05, 3.63) is 56.1 Å². The molecule has 0 spiro atoms. The van der Waals surface area contributed by atoms with E-state index < -0.39 is 0 Å². The van der Waals surface area contributed by atoms with Gasteiger partial charge in [0.15, 0.2) is 6.61 Å². The fourth-order valence-corrected chi connectivity index (χ4v) is 2.75. The normalized spacial score (nSPS) is 10.3. The van der Waals surface area contributed by atoms with Crippen LogP contribution in [-0.4, -0.2) is 12.5 Å². The molecule has 5 heteroatoms. The zero-order valence-corrected chi connectivity index (χ0v) is 14.7. The van der Waals surface area contributed by atoms with Crippen molar-refractivity contribution < 1.29 is 9.53 Å². The highest BCUT2D eigenvalue weighted by Crippen LogP contribution is 2.22. The van der Waals surface area contributed by atoms with E-state index in [1.165, 1.54) is 0 Å². The molecular formula is C16H15ClINO2. The quantitative estimate of drug-likeness (QED) is 0.743. The van der Waals surface area contributed by atoms with Gasteiger partial charge in [-0.05, 0) is 84.0 Å². The van der Waals surface area contributed by atoms with Gasteiger partial charge in [-0.3, -0.25) is 4.79 Å². The van der Waals surface area contributed by atoms with Gasteiger partial charge >= 0.3 is 0 Å². The first-order valence-corrected chi connectivity index (χ1v) is 7.86. The fourth-order valence-electron chi connectivity index (χ4n) is 1.87. The minimum absolute atomic E-state index is 0.0338. The predicted octanol–water partition coefficient (Wildman–Crippen LogP) is 4.58. The van der Waals surface area contributed by atoms with Crippen LogP contribution in [0.25, 0.3) is 0 Å². The second kappa shape index (κ2) is 7.13. The second-order valence-electron chi connectivity index (χ2n) is 4.71. The lowest BCUT2D eigenvalue weighted by atomic mass is 10.2. The van der Waals surface area contributed by atoms with Crippen LogP contribution >= 0.6 is 34.2 Å². The Morgan fingerprint density at radius 1 is 1.19 bits per heavy atom. The first-order valence-electron chi connectivity index (χ1n) is 6.40. The smallest absolute Gasteiger partial charge is 0.262 e. The highest BCUT2D eigenvalue weighted by Gasteiger charge is 2.07. The molecule has 0 bridgehead atoms. The minimum atomic E-state index is -0.186. The number of nitrogens with one attached hydrogen (secondary N) is 1. The highest BCUT2D eigenvalue weighted by atomic mass is 127. The van der Waals surface area contributed by atoms with Crippen LogP contribution in [0.1, 0.15) is 11.1 Å². The summed E-state index contributed by atoms with van der Waals surface area (Å²) in [5.74, 6) is 0.475. The minimum Gasteiger partial charge on any atom is -0.483 e. The van der Waals surface area contributed by atoms with E-state index >= 15 is 0 Å². The number of carbonyl (C=O) groups is 1. The molecule has 2 aromatic rings. The summed E-state index contributed by atoms with van der Waals surface area (Å²) in [5.41, 5.74) is 2.73. The summed E-state index contributed by atoms with van der Waals surface area (Å²) in [5, 5.41) is 3.50.